The van der Waals surface area contributed by atoms with Crippen molar-refractivity contribution in [3.63, 3.8) is 0 Å². The van der Waals surface area contributed by atoms with Crippen LogP contribution in [-0.4, -0.2) is 47.2 Å². The number of benzene rings is 1. The highest BCUT2D eigenvalue weighted by atomic mass is 79.9. The molecule has 1 aromatic carbocycles. The molecule has 0 fully saturated rings. The summed E-state index contributed by atoms with van der Waals surface area (Å²) in [5, 5.41) is 8.40. The highest BCUT2D eigenvalue weighted by Crippen LogP contribution is 2.29. The molecule has 0 saturated heterocycles. The average molecular weight is 734 g/mol. The third-order valence-electron chi connectivity index (χ3n) is 3.27. The number of ether oxygens (including phenoxy) is 1. The fraction of sp³-hybridized carbons (Fsp3) is 0.0455. The van der Waals surface area contributed by atoms with E-state index in [-0.39, 0.29) is 38.8 Å². The van der Waals surface area contributed by atoms with Gasteiger partial charge in [-0.1, -0.05) is 66.7 Å². The highest BCUT2D eigenvalue weighted by molar-refractivity contribution is 9.11. The van der Waals surface area contributed by atoms with Crippen molar-refractivity contribution in [1.29, 1.82) is 0 Å². The summed E-state index contributed by atoms with van der Waals surface area (Å²) in [6.07, 6.45) is 5.41. The number of nitrogens with zero attached hydrogens (tertiary/aromatic N) is 2. The largest absolute Gasteiger partial charge is 0.476 e. The fourth-order valence-electron chi connectivity index (χ4n) is 1.86. The zero-order chi connectivity index (χ0) is 30.1. The Labute approximate surface area is 256 Å². The molecule has 0 amide bonds. The van der Waals surface area contributed by atoms with Crippen LogP contribution in [0.15, 0.2) is 56.0 Å². The monoisotopic (exact) mass is 730 g/mol. The first-order chi connectivity index (χ1) is 18.3. The molecule has 0 aliphatic rings. The number of methoxy groups -OCH3 is 1. The van der Waals surface area contributed by atoms with Crippen molar-refractivity contribution < 1.29 is 34.4 Å². The van der Waals surface area contributed by atoms with Crippen LogP contribution >= 0.6 is 78.3 Å². The lowest BCUT2D eigenvalue weighted by molar-refractivity contribution is 0.0593. The molecule has 16 heteroatoms. The maximum absolute atomic E-state index is 10.9. The van der Waals surface area contributed by atoms with E-state index >= 15 is 0 Å². The number of aromatic nitrogens is 2. The fourth-order valence-corrected chi connectivity index (χ4v) is 3.60. The predicted molar refractivity (Wildman–Crippen MR) is 155 cm³/mol. The van der Waals surface area contributed by atoms with Crippen molar-refractivity contribution in [1.82, 2.24) is 9.97 Å². The molecule has 38 heavy (non-hydrogen) atoms. The molecule has 0 unspecified atom stereocenters. The summed E-state index contributed by atoms with van der Waals surface area (Å²) >= 11 is 28.2. The van der Waals surface area contributed by atoms with Gasteiger partial charge in [0.25, 0.3) is 5.24 Å². The molecule has 3 rings (SSSR count). The maximum atomic E-state index is 10.9. The first kappa shape index (κ1) is 33.7. The van der Waals surface area contributed by atoms with Gasteiger partial charge >= 0.3 is 11.9 Å². The molecule has 0 atom stereocenters. The van der Waals surface area contributed by atoms with Gasteiger partial charge in [-0.2, -0.15) is 0 Å². The second-order valence-electron chi connectivity index (χ2n) is 5.75. The van der Waals surface area contributed by atoms with E-state index in [1.165, 1.54) is 36.6 Å². The molecule has 0 saturated carbocycles. The maximum Gasteiger partial charge on any atom is 0.360 e. The number of rotatable bonds is 5. The minimum Gasteiger partial charge on any atom is -0.476 e. The molecule has 0 aliphatic carbocycles. The molecule has 1 N–H and O–H groups in total. The van der Waals surface area contributed by atoms with Crippen molar-refractivity contribution >= 4 is 115 Å². The first-order valence-electron chi connectivity index (χ1n) is 9.78. The minimum absolute atomic E-state index is 0.0833. The first-order valence-corrected chi connectivity index (χ1v) is 12.6. The molecule has 200 valence electrons. The van der Waals surface area contributed by atoms with Gasteiger partial charge in [0.2, 0.25) is 11.8 Å². The Morgan fingerprint density at radius 1 is 1.05 bits per heavy atom. The number of carboxylic acid groups (broad SMARTS) is 1. The van der Waals surface area contributed by atoms with E-state index in [9.17, 15) is 14.4 Å². The summed E-state index contributed by atoms with van der Waals surface area (Å²) in [5.41, 5.74) is 0.160. The van der Waals surface area contributed by atoms with Gasteiger partial charge in [0.15, 0.2) is 11.4 Å². The van der Waals surface area contributed by atoms with E-state index in [1.54, 1.807) is 11.1 Å². The lowest BCUT2D eigenvalue weighted by atomic mass is 10.2. The summed E-state index contributed by atoms with van der Waals surface area (Å²) in [4.78, 5) is 42.4. The van der Waals surface area contributed by atoms with E-state index in [0.29, 0.717) is 10.9 Å². The number of carboxylic acids is 1. The van der Waals surface area contributed by atoms with E-state index in [4.69, 9.17) is 61.7 Å². The number of aromatic carboxylic acids is 1. The number of oxazole rings is 2. The SMILES string of the molecule is COC(=O)c1coc(/C=C\Br)n1.O=C(Cl)c1c(Cl)cc(Cl)cc1Cl.O=C(O)c1coc(/C=C\Br)n1.[3H]C([B])=C. The van der Waals surface area contributed by atoms with Crippen molar-refractivity contribution in [2.24, 2.45) is 0 Å². The van der Waals surface area contributed by atoms with Gasteiger partial charge in [-0.3, -0.25) is 4.79 Å². The topological polar surface area (TPSA) is 133 Å². The predicted octanol–water partition coefficient (Wildman–Crippen LogP) is 7.89. The summed E-state index contributed by atoms with van der Waals surface area (Å²) in [6.45, 7) is 3.00. The minimum atomic E-state index is -1.09. The summed E-state index contributed by atoms with van der Waals surface area (Å²) in [6, 6.07) is 2.81. The molecular weight excluding hydrogens is 717 g/mol. The standard InChI is InChI=1S/C7H6BrNO3.C7H2Cl4O.C6H4BrNO3.C2H3B/c1-11-7(10)5-4-12-6(9-5)2-3-8;8-3-1-4(9)6(7(11)12)5(10)2-3;7-2-1-5-8-4(3-11-5)6(9)10;1-2-3/h2-4H,1H3;1-2H;1-3H,(H,9,10);2H,1H2/b3-2-;;2-1-;/i;;;2T. The van der Waals surface area contributed by atoms with Crippen LogP contribution in [0.5, 0.6) is 0 Å². The smallest absolute Gasteiger partial charge is 0.360 e. The van der Waals surface area contributed by atoms with Crippen LogP contribution in [-0.2, 0) is 4.74 Å². The Balaban J connectivity index is 0.000000520. The Morgan fingerprint density at radius 2 is 1.47 bits per heavy atom. The van der Waals surface area contributed by atoms with Crippen molar-refractivity contribution in [2.45, 2.75) is 0 Å². The van der Waals surface area contributed by atoms with E-state index in [2.05, 4.69) is 61.0 Å². The van der Waals surface area contributed by atoms with Gasteiger partial charge in [0, 0.05) is 18.5 Å². The Hall–Kier alpha value is -2.35. The van der Waals surface area contributed by atoms with Gasteiger partial charge in [-0.25, -0.2) is 19.6 Å². The van der Waals surface area contributed by atoms with E-state index < -0.39 is 17.2 Å². The molecule has 2 heterocycles. The Morgan fingerprint density at radius 3 is 1.82 bits per heavy atom. The lowest BCUT2D eigenvalue weighted by Crippen LogP contribution is -2.00. The van der Waals surface area contributed by atoms with Crippen LogP contribution in [0.2, 0.25) is 15.1 Å². The lowest BCUT2D eigenvalue weighted by Gasteiger charge is -2.01. The second-order valence-corrected chi connectivity index (χ2v) is 8.40. The van der Waals surface area contributed by atoms with Crippen LogP contribution in [0.25, 0.3) is 12.2 Å². The molecule has 3 aromatic rings. The Kier molecular flexibility index (Phi) is 17.4. The van der Waals surface area contributed by atoms with Gasteiger partial charge in [-0.05, 0) is 33.7 Å². The Bertz CT molecular complexity index is 1320. The van der Waals surface area contributed by atoms with Crippen molar-refractivity contribution in [2.75, 3.05) is 7.11 Å². The molecule has 2 radical (unpaired) electrons. The van der Waals surface area contributed by atoms with Gasteiger partial charge in [-0.15, -0.1) is 12.5 Å². The summed E-state index contributed by atoms with van der Waals surface area (Å²) < 4.78 is 20.3. The van der Waals surface area contributed by atoms with Crippen LogP contribution in [0, 0.1) is 0 Å². The summed E-state index contributed by atoms with van der Waals surface area (Å²) in [5.74, 6) is -1.07. The molecular formula is C22H15BBr2Cl4N2O7. The number of carbonyl (C=O) groups excluding carboxylic acids is 2. The number of halogens is 6. The molecule has 0 spiro atoms. The number of esters is 1. The molecule has 9 nitrogen and oxygen atoms in total. The molecule has 0 aliphatic heterocycles. The highest BCUT2D eigenvalue weighted by Gasteiger charge is 2.13. The van der Waals surface area contributed by atoms with E-state index in [0.717, 1.165) is 6.26 Å². The number of carbonyl (C=O) groups is 3. The summed E-state index contributed by atoms with van der Waals surface area (Å²) in [7, 11) is 5.87. The van der Waals surface area contributed by atoms with Crippen LogP contribution < -0.4 is 0 Å². The third-order valence-corrected chi connectivity index (χ3v) is 4.80. The van der Waals surface area contributed by atoms with Gasteiger partial charge in [0.1, 0.15) is 20.4 Å². The zero-order valence-electron chi connectivity index (χ0n) is 20.0. The molecule has 2 aromatic heterocycles. The van der Waals surface area contributed by atoms with Gasteiger partial charge < -0.3 is 18.7 Å². The van der Waals surface area contributed by atoms with Gasteiger partial charge in [0.05, 0.1) is 22.7 Å². The zero-order valence-corrected chi connectivity index (χ0v) is 25.2. The average Bonchev–Trinajstić information content (AvgIpc) is 3.49. The second kappa shape index (κ2) is 19.7. The van der Waals surface area contributed by atoms with Crippen LogP contribution in [0.4, 0.5) is 0 Å². The quantitative estimate of drug-likeness (QED) is 0.158. The number of hydrogen-bond acceptors (Lipinski definition) is 8. The van der Waals surface area contributed by atoms with Crippen LogP contribution in [0.1, 0.15) is 44.5 Å². The van der Waals surface area contributed by atoms with Crippen LogP contribution in [0.3, 0.4) is 0 Å². The van der Waals surface area contributed by atoms with Crippen molar-refractivity contribution in [3.05, 3.63) is 91.0 Å². The number of hydrogen-bond donors (Lipinski definition) is 1. The van der Waals surface area contributed by atoms with E-state index in [1.807, 2.05) is 0 Å². The van der Waals surface area contributed by atoms with Crippen molar-refractivity contribution in [3.8, 4) is 0 Å². The third kappa shape index (κ3) is 13.5. The normalized spacial score (nSPS) is 10.2. The molecule has 0 bridgehead atoms.